The number of carbonyl (C=O) groups excluding carboxylic acids is 1. The van der Waals surface area contributed by atoms with Crippen molar-refractivity contribution < 1.29 is 4.79 Å². The van der Waals surface area contributed by atoms with Crippen LogP contribution in [0.25, 0.3) is 0 Å². The van der Waals surface area contributed by atoms with Crippen molar-refractivity contribution in [1.82, 2.24) is 0 Å². The molecule has 0 saturated heterocycles. The Bertz CT molecular complexity index is 300. The molecule has 1 aromatic carbocycles. The molecule has 12 heavy (non-hydrogen) atoms. The van der Waals surface area contributed by atoms with Crippen molar-refractivity contribution in [2.45, 2.75) is 13.3 Å². The van der Waals surface area contributed by atoms with Gasteiger partial charge in [0.1, 0.15) is 0 Å². The first kappa shape index (κ1) is 8.69. The number of isocyanates is 1. The molecule has 0 spiro atoms. The molecular weight excluding hydrogens is 150 g/mol. The van der Waals surface area contributed by atoms with Gasteiger partial charge in [-0.25, -0.2) is 4.79 Å². The highest BCUT2D eigenvalue weighted by molar-refractivity contribution is 5.55. The van der Waals surface area contributed by atoms with Gasteiger partial charge in [-0.05, 0) is 24.5 Å². The molecule has 1 aromatic rings. The summed E-state index contributed by atoms with van der Waals surface area (Å²) in [5, 5.41) is 0. The molecule has 0 saturated carbocycles. The molecule has 0 aliphatic heterocycles. The highest BCUT2D eigenvalue weighted by atomic mass is 16.1. The molecule has 61 valence electrons. The summed E-state index contributed by atoms with van der Waals surface area (Å²) in [6, 6.07) is 7.50. The molecule has 0 N–H and O–H groups in total. The molecule has 2 heteroatoms. The second-order valence-electron chi connectivity index (χ2n) is 2.37. The molecule has 0 bridgehead atoms. The summed E-state index contributed by atoms with van der Waals surface area (Å²) in [5.41, 5.74) is 1.68. The van der Waals surface area contributed by atoms with E-state index in [1.54, 1.807) is 6.07 Å². The summed E-state index contributed by atoms with van der Waals surface area (Å²) in [6.45, 7) is 2.04. The highest BCUT2D eigenvalue weighted by Crippen LogP contribution is 2.20. The topological polar surface area (TPSA) is 29.4 Å². The lowest BCUT2D eigenvalue weighted by Gasteiger charge is -1.99. The van der Waals surface area contributed by atoms with Crippen LogP contribution >= 0.6 is 0 Å². The summed E-state index contributed by atoms with van der Waals surface area (Å²) in [5.74, 6) is 0. The molecular formula is C10H10NO. The van der Waals surface area contributed by atoms with Gasteiger partial charge in [-0.15, -0.1) is 0 Å². The molecule has 0 heterocycles. The van der Waals surface area contributed by atoms with Crippen LogP contribution < -0.4 is 0 Å². The van der Waals surface area contributed by atoms with E-state index < -0.39 is 0 Å². The molecule has 0 aromatic heterocycles. The van der Waals surface area contributed by atoms with Crippen LogP contribution in [-0.2, 0) is 4.79 Å². The second-order valence-corrected chi connectivity index (χ2v) is 2.37. The standard InChI is InChI=1S/C10H10NO/c1-2-5-9-6-3-4-7-10(9)11-8-12/h3-7H,2H2,1H3. The third kappa shape index (κ3) is 2.04. The minimum Gasteiger partial charge on any atom is -0.211 e. The first-order chi connectivity index (χ1) is 5.88. The van der Waals surface area contributed by atoms with E-state index >= 15 is 0 Å². The van der Waals surface area contributed by atoms with Crippen LogP contribution in [0.4, 0.5) is 5.69 Å². The van der Waals surface area contributed by atoms with Gasteiger partial charge in [-0.3, -0.25) is 0 Å². The minimum atomic E-state index is 0.689. The molecule has 2 nitrogen and oxygen atoms in total. The minimum absolute atomic E-state index is 0.689. The summed E-state index contributed by atoms with van der Waals surface area (Å²) in [6.07, 6.45) is 4.50. The van der Waals surface area contributed by atoms with Crippen molar-refractivity contribution in [3.05, 3.63) is 36.2 Å². The molecule has 1 radical (unpaired) electrons. The van der Waals surface area contributed by atoms with Crippen molar-refractivity contribution in [1.29, 1.82) is 0 Å². The Hall–Kier alpha value is -1.40. The van der Waals surface area contributed by atoms with E-state index in [0.29, 0.717) is 5.69 Å². The van der Waals surface area contributed by atoms with Gasteiger partial charge in [0, 0.05) is 0 Å². The van der Waals surface area contributed by atoms with E-state index in [0.717, 1.165) is 12.0 Å². The average molecular weight is 160 g/mol. The van der Waals surface area contributed by atoms with E-state index in [4.69, 9.17) is 0 Å². The van der Waals surface area contributed by atoms with E-state index in [2.05, 4.69) is 4.99 Å². The molecule has 0 aliphatic carbocycles. The predicted molar refractivity (Wildman–Crippen MR) is 47.9 cm³/mol. The smallest absolute Gasteiger partial charge is 0.211 e. The number of para-hydroxylation sites is 1. The van der Waals surface area contributed by atoms with Crippen molar-refractivity contribution in [3.8, 4) is 0 Å². The summed E-state index contributed by atoms with van der Waals surface area (Å²) in [7, 11) is 0. The number of benzene rings is 1. The fraction of sp³-hybridized carbons (Fsp3) is 0.200. The highest BCUT2D eigenvalue weighted by Gasteiger charge is 1.97. The lowest BCUT2D eigenvalue weighted by Crippen LogP contribution is -1.79. The van der Waals surface area contributed by atoms with Crippen molar-refractivity contribution in [3.63, 3.8) is 0 Å². The van der Waals surface area contributed by atoms with Crippen LogP contribution in [0.15, 0.2) is 29.3 Å². The van der Waals surface area contributed by atoms with E-state index in [9.17, 15) is 4.79 Å². The van der Waals surface area contributed by atoms with Gasteiger partial charge in [-0.2, -0.15) is 4.99 Å². The number of nitrogens with zero attached hydrogens (tertiary/aromatic N) is 1. The molecule has 0 unspecified atom stereocenters. The lowest BCUT2D eigenvalue weighted by molar-refractivity contribution is 0.565. The van der Waals surface area contributed by atoms with Crippen LogP contribution in [0, 0.1) is 6.42 Å². The second kappa shape index (κ2) is 4.47. The maximum absolute atomic E-state index is 10.0. The quantitative estimate of drug-likeness (QED) is 0.493. The van der Waals surface area contributed by atoms with E-state index in [1.165, 1.54) is 6.08 Å². The van der Waals surface area contributed by atoms with Gasteiger partial charge < -0.3 is 0 Å². The van der Waals surface area contributed by atoms with Crippen LogP contribution in [0.2, 0.25) is 0 Å². The van der Waals surface area contributed by atoms with Crippen molar-refractivity contribution in [2.24, 2.45) is 4.99 Å². The Morgan fingerprint density at radius 1 is 1.50 bits per heavy atom. The van der Waals surface area contributed by atoms with Gasteiger partial charge in [-0.1, -0.05) is 25.1 Å². The summed E-state index contributed by atoms with van der Waals surface area (Å²) >= 11 is 0. The van der Waals surface area contributed by atoms with Crippen LogP contribution in [0.5, 0.6) is 0 Å². The van der Waals surface area contributed by atoms with Gasteiger partial charge >= 0.3 is 0 Å². The Balaban J connectivity index is 2.99. The molecule has 0 fully saturated rings. The zero-order valence-electron chi connectivity index (χ0n) is 6.95. The van der Waals surface area contributed by atoms with Crippen molar-refractivity contribution in [2.75, 3.05) is 0 Å². The fourth-order valence-corrected chi connectivity index (χ4v) is 1.03. The molecule has 0 atom stereocenters. The third-order valence-electron chi connectivity index (χ3n) is 1.53. The first-order valence-electron chi connectivity index (χ1n) is 3.88. The number of hydrogen-bond donors (Lipinski definition) is 0. The Labute approximate surface area is 71.9 Å². The monoisotopic (exact) mass is 160 g/mol. The van der Waals surface area contributed by atoms with Crippen molar-refractivity contribution >= 4 is 11.8 Å². The lowest BCUT2D eigenvalue weighted by atomic mass is 10.1. The third-order valence-corrected chi connectivity index (χ3v) is 1.53. The normalized spacial score (nSPS) is 9.08. The Morgan fingerprint density at radius 2 is 2.25 bits per heavy atom. The number of rotatable bonds is 3. The SMILES string of the molecule is CC[CH]c1ccccc1N=C=O. The van der Waals surface area contributed by atoms with Crippen LogP contribution in [0.1, 0.15) is 18.9 Å². The molecule has 0 aliphatic rings. The average Bonchev–Trinajstić information content (AvgIpc) is 2.09. The zero-order valence-corrected chi connectivity index (χ0v) is 6.95. The Kier molecular flexibility index (Phi) is 3.24. The molecule has 1 rings (SSSR count). The maximum atomic E-state index is 10.0. The van der Waals surface area contributed by atoms with Crippen LogP contribution in [-0.4, -0.2) is 6.08 Å². The van der Waals surface area contributed by atoms with Gasteiger partial charge in [0.2, 0.25) is 6.08 Å². The summed E-state index contributed by atoms with van der Waals surface area (Å²) in [4.78, 5) is 13.6. The Morgan fingerprint density at radius 3 is 2.92 bits per heavy atom. The van der Waals surface area contributed by atoms with Gasteiger partial charge in [0.05, 0.1) is 5.69 Å². The van der Waals surface area contributed by atoms with Crippen LogP contribution in [0.3, 0.4) is 0 Å². The van der Waals surface area contributed by atoms with Gasteiger partial charge in [0.25, 0.3) is 0 Å². The number of aliphatic imine (C=N–C) groups is 1. The van der Waals surface area contributed by atoms with E-state index in [1.807, 2.05) is 31.5 Å². The number of hydrogen-bond acceptors (Lipinski definition) is 2. The van der Waals surface area contributed by atoms with Gasteiger partial charge in [0.15, 0.2) is 0 Å². The summed E-state index contributed by atoms with van der Waals surface area (Å²) < 4.78 is 0. The maximum Gasteiger partial charge on any atom is 0.240 e. The fourth-order valence-electron chi connectivity index (χ4n) is 1.03. The van der Waals surface area contributed by atoms with E-state index in [-0.39, 0.29) is 0 Å². The zero-order chi connectivity index (χ0) is 8.81. The predicted octanol–water partition coefficient (Wildman–Crippen LogP) is 2.62. The first-order valence-corrected chi connectivity index (χ1v) is 3.88. The largest absolute Gasteiger partial charge is 0.240 e. The molecule has 0 amide bonds.